The second-order valence-corrected chi connectivity index (χ2v) is 7.55. The first kappa shape index (κ1) is 20.6. The second kappa shape index (κ2) is 9.43. The number of aromatic nitrogens is 1. The number of anilines is 2. The highest BCUT2D eigenvalue weighted by Gasteiger charge is 2.35. The third-order valence-corrected chi connectivity index (χ3v) is 5.37. The summed E-state index contributed by atoms with van der Waals surface area (Å²) in [5.74, 6) is 0.0554. The summed E-state index contributed by atoms with van der Waals surface area (Å²) in [7, 11) is 0. The van der Waals surface area contributed by atoms with Crippen molar-refractivity contribution >= 4 is 23.2 Å². The smallest absolute Gasteiger partial charge is 0.229 e. The molecule has 6 heteroatoms. The highest BCUT2D eigenvalue weighted by atomic mass is 16.5. The molecule has 2 heterocycles. The zero-order valence-electron chi connectivity index (χ0n) is 17.5. The van der Waals surface area contributed by atoms with Gasteiger partial charge in [-0.3, -0.25) is 14.6 Å². The minimum Gasteiger partial charge on any atom is -0.487 e. The van der Waals surface area contributed by atoms with Gasteiger partial charge in [-0.25, -0.2) is 0 Å². The van der Waals surface area contributed by atoms with Gasteiger partial charge < -0.3 is 15.0 Å². The van der Waals surface area contributed by atoms with Crippen molar-refractivity contribution in [2.24, 2.45) is 5.92 Å². The predicted molar refractivity (Wildman–Crippen MR) is 120 cm³/mol. The summed E-state index contributed by atoms with van der Waals surface area (Å²) < 4.78 is 5.77. The van der Waals surface area contributed by atoms with Crippen LogP contribution in [0.4, 0.5) is 11.4 Å². The number of pyridine rings is 1. The van der Waals surface area contributed by atoms with E-state index in [1.807, 2.05) is 60.7 Å². The first-order valence-electron chi connectivity index (χ1n) is 10.5. The van der Waals surface area contributed by atoms with Gasteiger partial charge in [0.25, 0.3) is 0 Å². The molecule has 1 atom stereocenters. The number of nitrogens with one attached hydrogen (secondary N) is 1. The number of aryl methyl sites for hydroxylation is 1. The first-order chi connectivity index (χ1) is 15.1. The Morgan fingerprint density at radius 2 is 1.97 bits per heavy atom. The lowest BCUT2D eigenvalue weighted by Gasteiger charge is -2.17. The number of hydrogen-bond donors (Lipinski definition) is 1. The lowest BCUT2D eigenvalue weighted by atomic mass is 10.1. The topological polar surface area (TPSA) is 71.5 Å². The molecule has 6 nitrogen and oxygen atoms in total. The molecule has 1 aromatic heterocycles. The van der Waals surface area contributed by atoms with Crippen LogP contribution in [0.5, 0.6) is 5.75 Å². The van der Waals surface area contributed by atoms with Gasteiger partial charge in [-0.15, -0.1) is 0 Å². The van der Waals surface area contributed by atoms with E-state index in [1.54, 1.807) is 17.2 Å². The molecule has 1 unspecified atom stereocenters. The van der Waals surface area contributed by atoms with Crippen LogP contribution in [0, 0.1) is 5.92 Å². The minimum absolute atomic E-state index is 0.0307. The maximum absolute atomic E-state index is 12.8. The third-order valence-electron chi connectivity index (χ3n) is 5.37. The van der Waals surface area contributed by atoms with Crippen molar-refractivity contribution in [1.82, 2.24) is 4.98 Å². The van der Waals surface area contributed by atoms with Crippen LogP contribution in [-0.2, 0) is 22.6 Å². The molecule has 1 aliphatic heterocycles. The third kappa shape index (κ3) is 5.09. The number of ether oxygens (including phenoxy) is 1. The van der Waals surface area contributed by atoms with E-state index >= 15 is 0 Å². The molecule has 1 fully saturated rings. The van der Waals surface area contributed by atoms with Crippen LogP contribution in [0.25, 0.3) is 0 Å². The van der Waals surface area contributed by atoms with E-state index in [2.05, 4.69) is 17.2 Å². The van der Waals surface area contributed by atoms with Gasteiger partial charge in [-0.2, -0.15) is 0 Å². The van der Waals surface area contributed by atoms with Gasteiger partial charge in [0, 0.05) is 36.6 Å². The molecule has 0 radical (unpaired) electrons. The van der Waals surface area contributed by atoms with Gasteiger partial charge in [0.1, 0.15) is 12.4 Å². The van der Waals surface area contributed by atoms with Gasteiger partial charge in [-0.05, 0) is 48.4 Å². The van der Waals surface area contributed by atoms with Gasteiger partial charge in [-0.1, -0.05) is 31.2 Å². The van der Waals surface area contributed by atoms with E-state index in [4.69, 9.17) is 4.74 Å². The number of carbonyl (C=O) groups excluding carboxylic acids is 2. The first-order valence-corrected chi connectivity index (χ1v) is 10.5. The largest absolute Gasteiger partial charge is 0.487 e. The summed E-state index contributed by atoms with van der Waals surface area (Å²) in [6, 6.07) is 20.8. The van der Waals surface area contributed by atoms with E-state index in [0.717, 1.165) is 17.8 Å². The van der Waals surface area contributed by atoms with E-state index in [9.17, 15) is 9.59 Å². The minimum atomic E-state index is -0.392. The SMILES string of the molecule is CCc1ccc(N2CC(C(=O)Nc3cccc(OCc4ccccn4)c3)CC2=O)cc1. The van der Waals surface area contributed by atoms with Crippen molar-refractivity contribution in [3.05, 3.63) is 84.2 Å². The molecule has 1 aliphatic rings. The fourth-order valence-corrected chi connectivity index (χ4v) is 3.59. The van der Waals surface area contributed by atoms with E-state index in [-0.39, 0.29) is 18.2 Å². The van der Waals surface area contributed by atoms with Crippen molar-refractivity contribution in [3.63, 3.8) is 0 Å². The maximum atomic E-state index is 12.8. The molecular weight excluding hydrogens is 390 g/mol. The van der Waals surface area contributed by atoms with Crippen LogP contribution in [0.15, 0.2) is 72.9 Å². The predicted octanol–water partition coefficient (Wildman–Crippen LogP) is 4.21. The summed E-state index contributed by atoms with van der Waals surface area (Å²) in [4.78, 5) is 31.2. The van der Waals surface area contributed by atoms with Gasteiger partial charge >= 0.3 is 0 Å². The Bertz CT molecular complexity index is 1050. The average molecular weight is 415 g/mol. The highest BCUT2D eigenvalue weighted by molar-refractivity contribution is 6.03. The Labute approximate surface area is 181 Å². The molecule has 2 aromatic carbocycles. The molecule has 0 aliphatic carbocycles. The van der Waals surface area contributed by atoms with Crippen molar-refractivity contribution in [2.75, 3.05) is 16.8 Å². The van der Waals surface area contributed by atoms with Crippen LogP contribution in [-0.4, -0.2) is 23.3 Å². The Kier molecular flexibility index (Phi) is 6.26. The Morgan fingerprint density at radius 1 is 1.13 bits per heavy atom. The van der Waals surface area contributed by atoms with Gasteiger partial charge in [0.2, 0.25) is 11.8 Å². The monoisotopic (exact) mass is 415 g/mol. The quantitative estimate of drug-likeness (QED) is 0.627. The fraction of sp³-hybridized carbons (Fsp3) is 0.240. The van der Waals surface area contributed by atoms with Crippen LogP contribution in [0.1, 0.15) is 24.6 Å². The van der Waals surface area contributed by atoms with Crippen LogP contribution in [0.2, 0.25) is 0 Å². The number of rotatable bonds is 7. The molecule has 0 bridgehead atoms. The summed E-state index contributed by atoms with van der Waals surface area (Å²) in [5, 5.41) is 2.92. The summed E-state index contributed by atoms with van der Waals surface area (Å²) in [5.41, 5.74) is 3.52. The van der Waals surface area contributed by atoms with Crippen LogP contribution >= 0.6 is 0 Å². The lowest BCUT2D eigenvalue weighted by Crippen LogP contribution is -2.28. The maximum Gasteiger partial charge on any atom is 0.229 e. The summed E-state index contributed by atoms with van der Waals surface area (Å²) >= 11 is 0. The fourth-order valence-electron chi connectivity index (χ4n) is 3.59. The van der Waals surface area contributed by atoms with E-state index in [0.29, 0.717) is 24.6 Å². The molecular formula is C25H25N3O3. The number of nitrogens with zero attached hydrogens (tertiary/aromatic N) is 2. The molecule has 1 N–H and O–H groups in total. The average Bonchev–Trinajstić information content (AvgIpc) is 3.20. The molecule has 3 aromatic rings. The number of amides is 2. The lowest BCUT2D eigenvalue weighted by molar-refractivity contribution is -0.122. The molecule has 31 heavy (non-hydrogen) atoms. The van der Waals surface area contributed by atoms with Crippen LogP contribution < -0.4 is 15.0 Å². The normalized spacial score (nSPS) is 15.7. The molecule has 1 saturated heterocycles. The summed E-state index contributed by atoms with van der Waals surface area (Å²) in [6.45, 7) is 2.82. The molecule has 2 amide bonds. The standard InChI is InChI=1S/C25H25N3O3/c1-2-18-9-11-22(12-10-18)28-16-19(14-24(28)29)25(30)27-20-7-5-8-23(15-20)31-17-21-6-3-4-13-26-21/h3-13,15,19H,2,14,16-17H2,1H3,(H,27,30). The Morgan fingerprint density at radius 3 is 2.71 bits per heavy atom. The molecule has 0 spiro atoms. The Hall–Kier alpha value is -3.67. The summed E-state index contributed by atoms with van der Waals surface area (Å²) in [6.07, 6.45) is 2.88. The number of carbonyl (C=O) groups is 2. The van der Waals surface area contributed by atoms with Crippen molar-refractivity contribution in [1.29, 1.82) is 0 Å². The van der Waals surface area contributed by atoms with Crippen LogP contribution in [0.3, 0.4) is 0 Å². The van der Waals surface area contributed by atoms with E-state index < -0.39 is 5.92 Å². The number of benzene rings is 2. The second-order valence-electron chi connectivity index (χ2n) is 7.55. The molecule has 158 valence electrons. The van der Waals surface area contributed by atoms with Crippen molar-refractivity contribution < 1.29 is 14.3 Å². The zero-order chi connectivity index (χ0) is 21.6. The zero-order valence-corrected chi connectivity index (χ0v) is 17.5. The molecule has 0 saturated carbocycles. The van der Waals surface area contributed by atoms with Gasteiger partial charge in [0.15, 0.2) is 0 Å². The van der Waals surface area contributed by atoms with Crippen molar-refractivity contribution in [2.45, 2.75) is 26.4 Å². The van der Waals surface area contributed by atoms with Crippen molar-refractivity contribution in [3.8, 4) is 5.75 Å². The number of hydrogen-bond acceptors (Lipinski definition) is 4. The highest BCUT2D eigenvalue weighted by Crippen LogP contribution is 2.27. The van der Waals surface area contributed by atoms with Gasteiger partial charge in [0.05, 0.1) is 11.6 Å². The van der Waals surface area contributed by atoms with E-state index in [1.165, 1.54) is 5.56 Å². The molecule has 4 rings (SSSR count). The Balaban J connectivity index is 1.36.